The lowest BCUT2D eigenvalue weighted by molar-refractivity contribution is 0.351. The highest BCUT2D eigenvalue weighted by Gasteiger charge is 2.24. The lowest BCUT2D eigenvalue weighted by atomic mass is 9.81. The Morgan fingerprint density at radius 3 is 3.06 bits per heavy atom. The number of benzene rings is 1. The molecule has 0 spiro atoms. The van der Waals surface area contributed by atoms with Crippen molar-refractivity contribution < 1.29 is 0 Å². The normalized spacial score (nSPS) is 24.3. The van der Waals surface area contributed by atoms with Crippen molar-refractivity contribution in [2.45, 2.75) is 19.3 Å². The number of hydrogen-bond acceptors (Lipinski definition) is 2. The molecule has 2 nitrogen and oxygen atoms in total. The Kier molecular flexibility index (Phi) is 3.35. The first-order valence-corrected chi connectivity index (χ1v) is 7.30. The van der Waals surface area contributed by atoms with Gasteiger partial charge in [0.2, 0.25) is 0 Å². The molecule has 1 aliphatic heterocycles. The van der Waals surface area contributed by atoms with Crippen LogP contribution >= 0.6 is 15.9 Å². The molecule has 1 aromatic carbocycles. The van der Waals surface area contributed by atoms with E-state index >= 15 is 0 Å². The molecule has 0 aliphatic carbocycles. The Bertz CT molecular complexity index is 567. The zero-order valence-corrected chi connectivity index (χ0v) is 12.1. The molecule has 1 aromatic heterocycles. The average molecular weight is 305 g/mol. The van der Waals surface area contributed by atoms with Crippen molar-refractivity contribution >= 4 is 26.8 Å². The monoisotopic (exact) mass is 304 g/mol. The number of rotatable bonds is 1. The van der Waals surface area contributed by atoms with Crippen LogP contribution in [0, 0.1) is 5.92 Å². The van der Waals surface area contributed by atoms with Crippen LogP contribution in [0.25, 0.3) is 10.9 Å². The van der Waals surface area contributed by atoms with Gasteiger partial charge >= 0.3 is 0 Å². The summed E-state index contributed by atoms with van der Waals surface area (Å²) < 4.78 is 1.14. The zero-order chi connectivity index (χ0) is 12.5. The minimum absolute atomic E-state index is 0.622. The van der Waals surface area contributed by atoms with Gasteiger partial charge in [-0.1, -0.05) is 35.0 Å². The second kappa shape index (κ2) is 4.98. The van der Waals surface area contributed by atoms with Gasteiger partial charge in [0.25, 0.3) is 0 Å². The van der Waals surface area contributed by atoms with Crippen molar-refractivity contribution in [3.05, 3.63) is 40.5 Å². The zero-order valence-electron chi connectivity index (χ0n) is 10.5. The van der Waals surface area contributed by atoms with E-state index in [1.165, 1.54) is 17.4 Å². The molecule has 2 atom stereocenters. The summed E-state index contributed by atoms with van der Waals surface area (Å²) in [6.07, 6.45) is 3.10. The van der Waals surface area contributed by atoms with E-state index in [1.54, 1.807) is 0 Å². The van der Waals surface area contributed by atoms with Crippen LogP contribution in [0.2, 0.25) is 0 Å². The Morgan fingerprint density at radius 2 is 2.22 bits per heavy atom. The Hall–Kier alpha value is -0.930. The molecule has 2 aromatic rings. The molecule has 0 saturated carbocycles. The Morgan fingerprint density at radius 1 is 1.33 bits per heavy atom. The first-order chi connectivity index (χ1) is 8.77. The molecule has 1 fully saturated rings. The third-order valence-corrected chi connectivity index (χ3v) is 4.62. The summed E-state index contributed by atoms with van der Waals surface area (Å²) in [6.45, 7) is 4.54. The summed E-state index contributed by atoms with van der Waals surface area (Å²) in [4.78, 5) is 4.60. The number of piperidine rings is 1. The van der Waals surface area contributed by atoms with Crippen LogP contribution in [0.3, 0.4) is 0 Å². The molecular formula is C15H17BrN2. The van der Waals surface area contributed by atoms with Crippen LogP contribution < -0.4 is 5.32 Å². The van der Waals surface area contributed by atoms with Crippen LogP contribution in [0.1, 0.15) is 24.8 Å². The maximum atomic E-state index is 4.60. The number of hydrogen-bond donors (Lipinski definition) is 1. The van der Waals surface area contributed by atoms with Gasteiger partial charge in [-0.25, -0.2) is 0 Å². The van der Waals surface area contributed by atoms with Crippen LogP contribution in [0.15, 0.2) is 34.9 Å². The number of nitrogens with one attached hydrogen (secondary N) is 1. The number of fused-ring (bicyclic) bond motifs is 1. The summed E-state index contributed by atoms with van der Waals surface area (Å²) in [5.74, 6) is 1.29. The van der Waals surface area contributed by atoms with E-state index in [-0.39, 0.29) is 0 Å². The summed E-state index contributed by atoms with van der Waals surface area (Å²) in [6, 6.07) is 8.55. The maximum Gasteiger partial charge on any atom is 0.0748 e. The molecule has 94 valence electrons. The third kappa shape index (κ3) is 2.06. The second-order valence-corrected chi connectivity index (χ2v) is 5.97. The molecule has 1 saturated heterocycles. The molecule has 2 heterocycles. The van der Waals surface area contributed by atoms with Crippen molar-refractivity contribution in [1.82, 2.24) is 10.3 Å². The van der Waals surface area contributed by atoms with Crippen LogP contribution in [0.4, 0.5) is 0 Å². The van der Waals surface area contributed by atoms with Gasteiger partial charge in [0.05, 0.1) is 5.52 Å². The van der Waals surface area contributed by atoms with Gasteiger partial charge in [0.15, 0.2) is 0 Å². The molecule has 1 aliphatic rings. The van der Waals surface area contributed by atoms with Gasteiger partial charge in [0.1, 0.15) is 0 Å². The molecule has 18 heavy (non-hydrogen) atoms. The van der Waals surface area contributed by atoms with E-state index < -0.39 is 0 Å². The van der Waals surface area contributed by atoms with E-state index in [4.69, 9.17) is 0 Å². The molecule has 2 unspecified atom stereocenters. The minimum Gasteiger partial charge on any atom is -0.316 e. The SMILES string of the molecule is CC1CNCCC1c1ccc(Br)c2cccnc12. The predicted octanol–water partition coefficient (Wildman–Crippen LogP) is 3.71. The summed E-state index contributed by atoms with van der Waals surface area (Å²) in [5.41, 5.74) is 2.56. The van der Waals surface area contributed by atoms with E-state index in [1.807, 2.05) is 12.3 Å². The van der Waals surface area contributed by atoms with Crippen molar-refractivity contribution in [3.8, 4) is 0 Å². The Balaban J connectivity index is 2.14. The fourth-order valence-electron chi connectivity index (χ4n) is 2.94. The predicted molar refractivity (Wildman–Crippen MR) is 78.8 cm³/mol. The summed E-state index contributed by atoms with van der Waals surface area (Å²) >= 11 is 3.62. The van der Waals surface area contributed by atoms with Crippen molar-refractivity contribution in [2.24, 2.45) is 5.92 Å². The van der Waals surface area contributed by atoms with Gasteiger partial charge in [-0.2, -0.15) is 0 Å². The molecule has 1 N–H and O–H groups in total. The second-order valence-electron chi connectivity index (χ2n) is 5.11. The first-order valence-electron chi connectivity index (χ1n) is 6.51. The number of halogens is 1. The number of nitrogens with zero attached hydrogens (tertiary/aromatic N) is 1. The first kappa shape index (κ1) is 12.1. The molecular weight excluding hydrogens is 288 g/mol. The highest BCUT2D eigenvalue weighted by atomic mass is 79.9. The fourth-order valence-corrected chi connectivity index (χ4v) is 3.39. The topological polar surface area (TPSA) is 24.9 Å². The van der Waals surface area contributed by atoms with Crippen molar-refractivity contribution in [1.29, 1.82) is 0 Å². The van der Waals surface area contributed by atoms with E-state index in [9.17, 15) is 0 Å². The van der Waals surface area contributed by atoms with Crippen LogP contribution in [0.5, 0.6) is 0 Å². The highest BCUT2D eigenvalue weighted by Crippen LogP contribution is 2.36. The third-order valence-electron chi connectivity index (χ3n) is 3.93. The maximum absolute atomic E-state index is 4.60. The summed E-state index contributed by atoms with van der Waals surface area (Å²) in [5, 5.41) is 4.69. The van der Waals surface area contributed by atoms with Crippen LogP contribution in [-0.4, -0.2) is 18.1 Å². The van der Waals surface area contributed by atoms with Gasteiger partial charge < -0.3 is 5.32 Å². The standard InChI is InChI=1S/C15H17BrN2/c1-10-9-17-8-6-11(10)12-4-5-14(16)13-3-2-7-18-15(12)13/h2-5,7,10-11,17H,6,8-9H2,1H3. The van der Waals surface area contributed by atoms with Gasteiger partial charge in [-0.05, 0) is 49.0 Å². The van der Waals surface area contributed by atoms with Gasteiger partial charge in [0, 0.05) is 16.1 Å². The quantitative estimate of drug-likeness (QED) is 0.869. The number of pyridine rings is 1. The van der Waals surface area contributed by atoms with Crippen LogP contribution in [-0.2, 0) is 0 Å². The number of aromatic nitrogens is 1. The van der Waals surface area contributed by atoms with E-state index in [0.29, 0.717) is 11.8 Å². The minimum atomic E-state index is 0.622. The highest BCUT2D eigenvalue weighted by molar-refractivity contribution is 9.10. The molecule has 3 rings (SSSR count). The molecule has 0 amide bonds. The molecule has 3 heteroatoms. The molecule has 0 radical (unpaired) electrons. The lowest BCUT2D eigenvalue weighted by Crippen LogP contribution is -2.33. The van der Waals surface area contributed by atoms with E-state index in [0.717, 1.165) is 23.1 Å². The van der Waals surface area contributed by atoms with Gasteiger partial charge in [-0.3, -0.25) is 4.98 Å². The van der Waals surface area contributed by atoms with Gasteiger partial charge in [-0.15, -0.1) is 0 Å². The van der Waals surface area contributed by atoms with Crippen molar-refractivity contribution in [2.75, 3.05) is 13.1 Å². The largest absolute Gasteiger partial charge is 0.316 e. The Labute approximate surface area is 116 Å². The molecule has 0 bridgehead atoms. The van der Waals surface area contributed by atoms with E-state index in [2.05, 4.69) is 51.4 Å². The average Bonchev–Trinajstić information content (AvgIpc) is 2.41. The summed E-state index contributed by atoms with van der Waals surface area (Å²) in [7, 11) is 0. The van der Waals surface area contributed by atoms with Crippen molar-refractivity contribution in [3.63, 3.8) is 0 Å². The fraction of sp³-hybridized carbons (Fsp3) is 0.400. The smallest absolute Gasteiger partial charge is 0.0748 e. The lowest BCUT2D eigenvalue weighted by Gasteiger charge is -2.30.